The molecule has 0 aromatic heterocycles. The summed E-state index contributed by atoms with van der Waals surface area (Å²) < 4.78 is 14.0. The molecule has 6 heteroatoms. The Bertz CT molecular complexity index is 949. The van der Waals surface area contributed by atoms with Crippen molar-refractivity contribution in [2.45, 2.75) is 26.2 Å². The summed E-state index contributed by atoms with van der Waals surface area (Å²) in [5.41, 5.74) is 2.44. The summed E-state index contributed by atoms with van der Waals surface area (Å²) in [6, 6.07) is 14.6. The van der Waals surface area contributed by atoms with E-state index in [-0.39, 0.29) is 11.7 Å². The van der Waals surface area contributed by atoms with E-state index in [1.165, 1.54) is 42.8 Å². The van der Waals surface area contributed by atoms with Gasteiger partial charge in [0, 0.05) is 30.9 Å². The van der Waals surface area contributed by atoms with Gasteiger partial charge in [0.15, 0.2) is 5.17 Å². The van der Waals surface area contributed by atoms with Crippen LogP contribution in [0.3, 0.4) is 0 Å². The normalized spacial score (nSPS) is 20.1. The second kappa shape index (κ2) is 8.82. The largest absolute Gasteiger partial charge is 0.372 e. The molecule has 0 radical (unpaired) electrons. The molecular formula is C23H24FN3OS. The molecule has 1 amide bonds. The topological polar surface area (TPSA) is 35.9 Å². The summed E-state index contributed by atoms with van der Waals surface area (Å²) >= 11 is 1.29. The number of nitrogens with zero attached hydrogens (tertiary/aromatic N) is 3. The minimum atomic E-state index is -0.338. The van der Waals surface area contributed by atoms with Gasteiger partial charge in [0.25, 0.3) is 5.91 Å². The first-order chi connectivity index (χ1) is 14.2. The van der Waals surface area contributed by atoms with Crippen molar-refractivity contribution in [2.24, 2.45) is 4.99 Å². The Morgan fingerprint density at radius 1 is 1.07 bits per heavy atom. The van der Waals surface area contributed by atoms with Crippen molar-refractivity contribution >= 4 is 40.3 Å². The van der Waals surface area contributed by atoms with Crippen LogP contribution in [0.25, 0.3) is 6.08 Å². The van der Waals surface area contributed by atoms with Crippen LogP contribution in [0.5, 0.6) is 0 Å². The number of benzene rings is 2. The van der Waals surface area contributed by atoms with Crippen LogP contribution in [0, 0.1) is 5.82 Å². The third kappa shape index (κ3) is 4.37. The number of rotatable bonds is 4. The first kappa shape index (κ1) is 19.7. The zero-order valence-corrected chi connectivity index (χ0v) is 17.3. The van der Waals surface area contributed by atoms with Crippen LogP contribution in [0.4, 0.5) is 15.8 Å². The number of likely N-dealkylation sites (N-methyl/N-ethyl adjacent to an activating group) is 1. The van der Waals surface area contributed by atoms with Crippen LogP contribution in [0.15, 0.2) is 58.4 Å². The SMILES string of the molecule is CCN1C(=O)/C(=C/c2ccccc2F)SC1=Nc1ccc(N2CCCCC2)cc1. The molecular weight excluding hydrogens is 385 g/mol. The van der Waals surface area contributed by atoms with Crippen LogP contribution in [-0.2, 0) is 4.79 Å². The smallest absolute Gasteiger partial charge is 0.266 e. The van der Waals surface area contributed by atoms with Gasteiger partial charge in [-0.2, -0.15) is 0 Å². The third-order valence-electron chi connectivity index (χ3n) is 5.19. The molecule has 0 atom stereocenters. The van der Waals surface area contributed by atoms with Gasteiger partial charge in [-0.05, 0) is 74.4 Å². The molecule has 2 aliphatic rings. The Balaban J connectivity index is 1.56. The van der Waals surface area contributed by atoms with Crippen molar-refractivity contribution < 1.29 is 9.18 Å². The zero-order valence-electron chi connectivity index (χ0n) is 16.5. The Kier molecular flexibility index (Phi) is 6.00. The maximum Gasteiger partial charge on any atom is 0.266 e. The van der Waals surface area contributed by atoms with Crippen molar-refractivity contribution in [3.63, 3.8) is 0 Å². The maximum atomic E-state index is 14.0. The zero-order chi connectivity index (χ0) is 20.2. The number of piperidine rings is 1. The number of halogens is 1. The quantitative estimate of drug-likeness (QED) is 0.631. The van der Waals surface area contributed by atoms with Crippen LogP contribution >= 0.6 is 11.8 Å². The minimum Gasteiger partial charge on any atom is -0.372 e. The van der Waals surface area contributed by atoms with E-state index in [2.05, 4.69) is 17.0 Å². The van der Waals surface area contributed by atoms with E-state index >= 15 is 0 Å². The number of thioether (sulfide) groups is 1. The summed E-state index contributed by atoms with van der Waals surface area (Å²) in [5, 5.41) is 0.630. The first-order valence-corrected chi connectivity index (χ1v) is 10.9. The fourth-order valence-electron chi connectivity index (χ4n) is 3.60. The molecule has 4 nitrogen and oxygen atoms in total. The fraction of sp³-hybridized carbons (Fsp3) is 0.304. The molecule has 29 heavy (non-hydrogen) atoms. The highest BCUT2D eigenvalue weighted by atomic mass is 32.2. The van der Waals surface area contributed by atoms with Crippen LogP contribution in [-0.4, -0.2) is 35.6 Å². The highest BCUT2D eigenvalue weighted by Gasteiger charge is 2.32. The number of hydrogen-bond donors (Lipinski definition) is 0. The predicted molar refractivity (Wildman–Crippen MR) is 119 cm³/mol. The third-order valence-corrected chi connectivity index (χ3v) is 6.20. The van der Waals surface area contributed by atoms with Gasteiger partial charge in [0.05, 0.1) is 10.6 Å². The standard InChI is InChI=1S/C23H24FN3OS/c1-2-27-22(28)21(16-17-8-4-5-9-20(17)24)29-23(27)25-18-10-12-19(13-11-18)26-14-6-3-7-15-26/h4-5,8-13,16H,2-3,6-7,14-15H2,1H3/b21-16-,25-23?. The summed E-state index contributed by atoms with van der Waals surface area (Å²) in [6.07, 6.45) is 5.40. The number of hydrogen-bond acceptors (Lipinski definition) is 4. The van der Waals surface area contributed by atoms with Gasteiger partial charge in [-0.25, -0.2) is 9.38 Å². The van der Waals surface area contributed by atoms with Gasteiger partial charge < -0.3 is 4.90 Å². The van der Waals surface area contributed by atoms with Gasteiger partial charge >= 0.3 is 0 Å². The monoisotopic (exact) mass is 409 g/mol. The number of carbonyl (C=O) groups is 1. The molecule has 0 unspecified atom stereocenters. The van der Waals surface area contributed by atoms with E-state index in [1.54, 1.807) is 29.2 Å². The Hall–Kier alpha value is -2.60. The van der Waals surface area contributed by atoms with E-state index in [1.807, 2.05) is 19.1 Å². The lowest BCUT2D eigenvalue weighted by Gasteiger charge is -2.28. The first-order valence-electron chi connectivity index (χ1n) is 10.1. The fourth-order valence-corrected chi connectivity index (χ4v) is 4.66. The van der Waals surface area contributed by atoms with Gasteiger partial charge in [0.1, 0.15) is 5.82 Å². The highest BCUT2D eigenvalue weighted by molar-refractivity contribution is 8.18. The summed E-state index contributed by atoms with van der Waals surface area (Å²) in [7, 11) is 0. The summed E-state index contributed by atoms with van der Waals surface area (Å²) in [4.78, 5) is 22.0. The molecule has 4 rings (SSSR count). The maximum absolute atomic E-state index is 14.0. The average molecular weight is 410 g/mol. The molecule has 2 heterocycles. The van der Waals surface area contributed by atoms with Gasteiger partial charge in [-0.1, -0.05) is 18.2 Å². The molecule has 2 aromatic rings. The molecule has 0 N–H and O–H groups in total. The number of carbonyl (C=O) groups excluding carboxylic acids is 1. The molecule has 0 aliphatic carbocycles. The minimum absolute atomic E-state index is 0.135. The number of amidine groups is 1. The lowest BCUT2D eigenvalue weighted by molar-refractivity contribution is -0.122. The van der Waals surface area contributed by atoms with Gasteiger partial charge in [-0.15, -0.1) is 0 Å². The Morgan fingerprint density at radius 3 is 2.48 bits per heavy atom. The molecule has 2 fully saturated rings. The Labute approximate surface area is 175 Å². The van der Waals surface area contributed by atoms with Crippen LogP contribution in [0.2, 0.25) is 0 Å². The number of anilines is 1. The van der Waals surface area contributed by atoms with Crippen molar-refractivity contribution in [1.29, 1.82) is 0 Å². The second-order valence-corrected chi connectivity index (χ2v) is 8.15. The van der Waals surface area contributed by atoms with Crippen LogP contribution in [0.1, 0.15) is 31.7 Å². The predicted octanol–water partition coefficient (Wildman–Crippen LogP) is 5.44. The number of aliphatic imine (C=N–C) groups is 1. The molecule has 150 valence electrons. The summed E-state index contributed by atoms with van der Waals surface area (Å²) in [5.74, 6) is -0.473. The molecule has 2 aliphatic heterocycles. The second-order valence-electron chi connectivity index (χ2n) is 7.14. The lowest BCUT2D eigenvalue weighted by atomic mass is 10.1. The summed E-state index contributed by atoms with van der Waals surface area (Å²) in [6.45, 7) is 4.64. The van der Waals surface area contributed by atoms with E-state index in [0.29, 0.717) is 22.2 Å². The molecule has 2 aromatic carbocycles. The van der Waals surface area contributed by atoms with E-state index in [4.69, 9.17) is 4.99 Å². The Morgan fingerprint density at radius 2 is 1.79 bits per heavy atom. The van der Waals surface area contributed by atoms with E-state index in [9.17, 15) is 9.18 Å². The average Bonchev–Trinajstić information content (AvgIpc) is 3.05. The van der Waals surface area contributed by atoms with E-state index < -0.39 is 0 Å². The van der Waals surface area contributed by atoms with Crippen molar-refractivity contribution in [3.8, 4) is 0 Å². The van der Waals surface area contributed by atoms with E-state index in [0.717, 1.165) is 18.8 Å². The van der Waals surface area contributed by atoms with Gasteiger partial charge in [-0.3, -0.25) is 9.69 Å². The molecule has 2 saturated heterocycles. The molecule has 0 saturated carbocycles. The molecule has 0 spiro atoms. The van der Waals surface area contributed by atoms with Crippen molar-refractivity contribution in [2.75, 3.05) is 24.5 Å². The lowest BCUT2D eigenvalue weighted by Crippen LogP contribution is -2.29. The van der Waals surface area contributed by atoms with Crippen LogP contribution < -0.4 is 4.90 Å². The molecule has 0 bridgehead atoms. The van der Waals surface area contributed by atoms with Gasteiger partial charge in [0.2, 0.25) is 0 Å². The number of amides is 1. The highest BCUT2D eigenvalue weighted by Crippen LogP contribution is 2.34. The van der Waals surface area contributed by atoms with Crippen molar-refractivity contribution in [3.05, 3.63) is 64.8 Å². The van der Waals surface area contributed by atoms with Crippen molar-refractivity contribution in [1.82, 2.24) is 4.90 Å².